The number of ether oxygens (including phenoxy) is 1. The van der Waals surface area contributed by atoms with Crippen molar-refractivity contribution in [3.05, 3.63) is 59.1 Å². The van der Waals surface area contributed by atoms with Crippen molar-refractivity contribution in [3.8, 4) is 5.75 Å². The number of benzene rings is 2. The molecule has 6 heteroatoms. The van der Waals surface area contributed by atoms with Gasteiger partial charge in [0, 0.05) is 43.8 Å². The SMILES string of the molecule is CC(=O)N1CCN(c2ccc(OC(=O)c3ccc(Cl)cc3)cc2)CC1. The highest BCUT2D eigenvalue weighted by Crippen LogP contribution is 2.22. The van der Waals surface area contributed by atoms with Gasteiger partial charge >= 0.3 is 5.97 Å². The number of esters is 1. The minimum atomic E-state index is -0.417. The quantitative estimate of drug-likeness (QED) is 0.624. The Balaban J connectivity index is 1.60. The maximum atomic E-state index is 12.1. The number of anilines is 1. The van der Waals surface area contributed by atoms with E-state index in [4.69, 9.17) is 16.3 Å². The molecule has 2 aromatic rings. The highest BCUT2D eigenvalue weighted by atomic mass is 35.5. The van der Waals surface area contributed by atoms with Crippen LogP contribution in [0.2, 0.25) is 5.02 Å². The van der Waals surface area contributed by atoms with Crippen molar-refractivity contribution in [2.24, 2.45) is 0 Å². The molecule has 0 spiro atoms. The topological polar surface area (TPSA) is 49.9 Å². The average Bonchev–Trinajstić information content (AvgIpc) is 2.63. The zero-order valence-corrected chi connectivity index (χ0v) is 14.7. The molecule has 1 heterocycles. The van der Waals surface area contributed by atoms with Crippen molar-refractivity contribution < 1.29 is 14.3 Å². The van der Waals surface area contributed by atoms with E-state index in [1.807, 2.05) is 17.0 Å². The van der Waals surface area contributed by atoms with Crippen molar-refractivity contribution in [3.63, 3.8) is 0 Å². The van der Waals surface area contributed by atoms with Crippen LogP contribution >= 0.6 is 11.6 Å². The Hall–Kier alpha value is -2.53. The summed E-state index contributed by atoms with van der Waals surface area (Å²) in [6, 6.07) is 14.0. The molecule has 25 heavy (non-hydrogen) atoms. The number of amides is 1. The van der Waals surface area contributed by atoms with Gasteiger partial charge in [-0.3, -0.25) is 4.79 Å². The molecule has 5 nitrogen and oxygen atoms in total. The fourth-order valence-electron chi connectivity index (χ4n) is 2.76. The predicted molar refractivity (Wildman–Crippen MR) is 97.3 cm³/mol. The molecule has 1 saturated heterocycles. The lowest BCUT2D eigenvalue weighted by atomic mass is 10.2. The molecule has 0 saturated carbocycles. The lowest BCUT2D eigenvalue weighted by Crippen LogP contribution is -2.48. The number of rotatable bonds is 3. The summed E-state index contributed by atoms with van der Waals surface area (Å²) in [5.74, 6) is 0.190. The zero-order chi connectivity index (χ0) is 17.8. The summed E-state index contributed by atoms with van der Waals surface area (Å²) in [7, 11) is 0. The minimum Gasteiger partial charge on any atom is -0.423 e. The lowest BCUT2D eigenvalue weighted by molar-refractivity contribution is -0.129. The Bertz CT molecular complexity index is 751. The third kappa shape index (κ3) is 4.31. The molecule has 0 aliphatic carbocycles. The van der Waals surface area contributed by atoms with Crippen molar-refractivity contribution in [2.75, 3.05) is 31.1 Å². The summed E-state index contributed by atoms with van der Waals surface area (Å²) in [4.78, 5) is 27.5. The van der Waals surface area contributed by atoms with Gasteiger partial charge in [0.15, 0.2) is 0 Å². The molecule has 1 aliphatic heterocycles. The van der Waals surface area contributed by atoms with Crippen LogP contribution in [0.1, 0.15) is 17.3 Å². The van der Waals surface area contributed by atoms with Gasteiger partial charge in [-0.05, 0) is 48.5 Å². The molecule has 1 amide bonds. The van der Waals surface area contributed by atoms with E-state index < -0.39 is 5.97 Å². The fraction of sp³-hybridized carbons (Fsp3) is 0.263. The average molecular weight is 359 g/mol. The van der Waals surface area contributed by atoms with Crippen molar-refractivity contribution in [1.29, 1.82) is 0 Å². The van der Waals surface area contributed by atoms with Crippen LogP contribution in [0.4, 0.5) is 5.69 Å². The van der Waals surface area contributed by atoms with Gasteiger partial charge in [0.25, 0.3) is 0 Å². The first-order chi connectivity index (χ1) is 12.0. The summed E-state index contributed by atoms with van der Waals surface area (Å²) in [6.45, 7) is 4.64. The number of piperazine rings is 1. The van der Waals surface area contributed by atoms with Gasteiger partial charge in [-0.1, -0.05) is 11.6 Å². The molecule has 0 bridgehead atoms. The normalized spacial score (nSPS) is 14.3. The first-order valence-corrected chi connectivity index (χ1v) is 8.49. The van der Waals surface area contributed by atoms with Gasteiger partial charge in [0.2, 0.25) is 5.91 Å². The predicted octanol–water partition coefficient (Wildman–Crippen LogP) is 3.23. The highest BCUT2D eigenvalue weighted by molar-refractivity contribution is 6.30. The van der Waals surface area contributed by atoms with E-state index in [0.29, 0.717) is 16.3 Å². The van der Waals surface area contributed by atoms with Crippen molar-refractivity contribution in [2.45, 2.75) is 6.92 Å². The second-order valence-corrected chi connectivity index (χ2v) is 6.32. The summed E-state index contributed by atoms with van der Waals surface area (Å²) < 4.78 is 5.38. The van der Waals surface area contributed by atoms with Gasteiger partial charge in [-0.2, -0.15) is 0 Å². The molecule has 0 N–H and O–H groups in total. The second kappa shape index (κ2) is 7.57. The first kappa shape index (κ1) is 17.3. The van der Waals surface area contributed by atoms with Crippen LogP contribution in [0.5, 0.6) is 5.75 Å². The number of hydrogen-bond acceptors (Lipinski definition) is 4. The van der Waals surface area contributed by atoms with Crippen LogP contribution in [0.15, 0.2) is 48.5 Å². The van der Waals surface area contributed by atoms with Crippen LogP contribution in [-0.2, 0) is 4.79 Å². The van der Waals surface area contributed by atoms with Gasteiger partial charge in [-0.15, -0.1) is 0 Å². The van der Waals surface area contributed by atoms with Gasteiger partial charge < -0.3 is 14.5 Å². The van der Waals surface area contributed by atoms with E-state index >= 15 is 0 Å². The summed E-state index contributed by atoms with van der Waals surface area (Å²) >= 11 is 5.82. The van der Waals surface area contributed by atoms with Crippen LogP contribution in [0.25, 0.3) is 0 Å². The number of hydrogen-bond donors (Lipinski definition) is 0. The molecule has 0 aromatic heterocycles. The molecule has 0 atom stereocenters. The van der Waals surface area contributed by atoms with E-state index in [1.54, 1.807) is 43.3 Å². The van der Waals surface area contributed by atoms with Gasteiger partial charge in [0.1, 0.15) is 5.75 Å². The summed E-state index contributed by atoms with van der Waals surface area (Å²) in [5, 5.41) is 0.575. The van der Waals surface area contributed by atoms with E-state index in [0.717, 1.165) is 31.9 Å². The second-order valence-electron chi connectivity index (χ2n) is 5.88. The smallest absolute Gasteiger partial charge is 0.343 e. The maximum absolute atomic E-state index is 12.1. The third-order valence-electron chi connectivity index (χ3n) is 4.22. The number of carbonyl (C=O) groups excluding carboxylic acids is 2. The van der Waals surface area contributed by atoms with E-state index in [1.165, 1.54) is 0 Å². The number of nitrogens with zero attached hydrogens (tertiary/aromatic N) is 2. The number of halogens is 1. The van der Waals surface area contributed by atoms with Gasteiger partial charge in [0.05, 0.1) is 5.56 Å². The first-order valence-electron chi connectivity index (χ1n) is 8.11. The zero-order valence-electron chi connectivity index (χ0n) is 13.9. The van der Waals surface area contributed by atoms with Crippen molar-refractivity contribution >= 4 is 29.2 Å². The van der Waals surface area contributed by atoms with Crippen LogP contribution in [0.3, 0.4) is 0 Å². The van der Waals surface area contributed by atoms with Crippen LogP contribution in [0, 0.1) is 0 Å². The molecule has 0 radical (unpaired) electrons. The van der Waals surface area contributed by atoms with Crippen molar-refractivity contribution in [1.82, 2.24) is 4.90 Å². The molecular weight excluding hydrogens is 340 g/mol. The highest BCUT2D eigenvalue weighted by Gasteiger charge is 2.18. The Labute approximate surface area is 151 Å². The molecular formula is C19H19ClN2O3. The lowest BCUT2D eigenvalue weighted by Gasteiger charge is -2.35. The monoisotopic (exact) mass is 358 g/mol. The Morgan fingerprint density at radius 2 is 1.52 bits per heavy atom. The van der Waals surface area contributed by atoms with E-state index in [-0.39, 0.29) is 5.91 Å². The summed E-state index contributed by atoms with van der Waals surface area (Å²) in [5.41, 5.74) is 1.50. The standard InChI is InChI=1S/C19H19ClN2O3/c1-14(23)21-10-12-22(13-11-21)17-6-8-18(9-7-17)25-19(24)15-2-4-16(20)5-3-15/h2-9H,10-13H2,1H3. The van der Waals surface area contributed by atoms with Gasteiger partial charge in [-0.25, -0.2) is 4.79 Å². The molecule has 2 aromatic carbocycles. The van der Waals surface area contributed by atoms with Crippen LogP contribution in [-0.4, -0.2) is 43.0 Å². The fourth-order valence-corrected chi connectivity index (χ4v) is 2.88. The van der Waals surface area contributed by atoms with E-state index in [2.05, 4.69) is 4.90 Å². The largest absolute Gasteiger partial charge is 0.423 e. The summed E-state index contributed by atoms with van der Waals surface area (Å²) in [6.07, 6.45) is 0. The molecule has 3 rings (SSSR count). The van der Waals surface area contributed by atoms with E-state index in [9.17, 15) is 9.59 Å². The number of carbonyl (C=O) groups is 2. The minimum absolute atomic E-state index is 0.115. The third-order valence-corrected chi connectivity index (χ3v) is 4.47. The Kier molecular flexibility index (Phi) is 5.24. The van der Waals surface area contributed by atoms with Crippen LogP contribution < -0.4 is 9.64 Å². The maximum Gasteiger partial charge on any atom is 0.343 e. The molecule has 130 valence electrons. The Morgan fingerprint density at radius 3 is 2.08 bits per heavy atom. The molecule has 1 fully saturated rings. The Morgan fingerprint density at radius 1 is 0.920 bits per heavy atom. The molecule has 1 aliphatic rings. The molecule has 0 unspecified atom stereocenters.